The van der Waals surface area contributed by atoms with Crippen molar-refractivity contribution < 1.29 is 18.1 Å². The van der Waals surface area contributed by atoms with E-state index in [9.17, 15) is 9.18 Å². The van der Waals surface area contributed by atoms with Crippen LogP contribution >= 0.6 is 12.0 Å². The number of carbonyl (C=O) groups excluding carboxylic acids is 1. The zero-order valence-corrected chi connectivity index (χ0v) is 13.1. The smallest absolute Gasteiger partial charge is 0.249 e. The Bertz CT molecular complexity index is 697. The van der Waals surface area contributed by atoms with Crippen molar-refractivity contribution in [2.75, 3.05) is 0 Å². The highest BCUT2D eigenvalue weighted by Crippen LogP contribution is 2.33. The van der Waals surface area contributed by atoms with Gasteiger partial charge in [0, 0.05) is 5.57 Å². The largest absolute Gasteiger partial charge is 0.460 e. The van der Waals surface area contributed by atoms with Crippen LogP contribution in [0.2, 0.25) is 0 Å². The molecular formula is C17H16FNO3S. The molecule has 120 valence electrons. The fourth-order valence-electron chi connectivity index (χ4n) is 2.43. The summed E-state index contributed by atoms with van der Waals surface area (Å²) in [6.07, 6.45) is 3.19. The Hall–Kier alpha value is -2.21. The van der Waals surface area contributed by atoms with Gasteiger partial charge in [0.15, 0.2) is 6.10 Å². The van der Waals surface area contributed by atoms with Gasteiger partial charge in [0.25, 0.3) is 0 Å². The third-order valence-corrected chi connectivity index (χ3v) is 4.34. The molecular weight excluding hydrogens is 317 g/mol. The van der Waals surface area contributed by atoms with E-state index in [1.165, 1.54) is 6.08 Å². The highest BCUT2D eigenvalue weighted by Gasteiger charge is 2.40. The minimum Gasteiger partial charge on any atom is -0.460 e. The predicted octanol–water partition coefficient (Wildman–Crippen LogP) is 3.52. The fourth-order valence-corrected chi connectivity index (χ4v) is 3.09. The summed E-state index contributed by atoms with van der Waals surface area (Å²) in [5.74, 6) is -0.416. The summed E-state index contributed by atoms with van der Waals surface area (Å²) in [5.41, 5.74) is 7.11. The normalized spacial score (nSPS) is 20.9. The summed E-state index contributed by atoms with van der Waals surface area (Å²) in [6, 6.07) is 9.69. The molecule has 0 radical (unpaired) electrons. The molecule has 23 heavy (non-hydrogen) atoms. The monoisotopic (exact) mass is 333 g/mol. The molecule has 1 unspecified atom stereocenters. The van der Waals surface area contributed by atoms with Crippen LogP contribution in [0.3, 0.4) is 0 Å². The van der Waals surface area contributed by atoms with Crippen molar-refractivity contribution in [3.8, 4) is 0 Å². The first kappa shape index (κ1) is 15.7. The van der Waals surface area contributed by atoms with Crippen molar-refractivity contribution >= 4 is 17.8 Å². The standard InChI is InChI=1S/C17H16FNO3S/c18-13-9-5-4-8-12(13)15-14(20)16(17(19)21-15)22-23-10-11-6-2-1-3-7-11/h1-3,5-7,9,15H,4,8,10,19H2. The molecule has 0 spiro atoms. The molecule has 1 aliphatic heterocycles. The Morgan fingerprint density at radius 2 is 2.13 bits per heavy atom. The summed E-state index contributed by atoms with van der Waals surface area (Å²) >= 11 is 1.10. The van der Waals surface area contributed by atoms with Gasteiger partial charge in [0.05, 0.1) is 17.8 Å². The second kappa shape index (κ2) is 6.91. The van der Waals surface area contributed by atoms with E-state index in [0.29, 0.717) is 24.2 Å². The topological polar surface area (TPSA) is 61.5 Å². The van der Waals surface area contributed by atoms with Crippen molar-refractivity contribution in [3.63, 3.8) is 0 Å². The van der Waals surface area contributed by atoms with Crippen LogP contribution in [0, 0.1) is 0 Å². The Kier molecular flexibility index (Phi) is 4.71. The molecule has 4 nitrogen and oxygen atoms in total. The van der Waals surface area contributed by atoms with Gasteiger partial charge in [0.2, 0.25) is 17.4 Å². The number of nitrogens with two attached hydrogens (primary N) is 1. The molecule has 0 saturated heterocycles. The average molecular weight is 333 g/mol. The van der Waals surface area contributed by atoms with E-state index in [0.717, 1.165) is 17.6 Å². The minimum absolute atomic E-state index is 0.0363. The quantitative estimate of drug-likeness (QED) is 0.836. The third-order valence-electron chi connectivity index (χ3n) is 3.61. The molecule has 1 aromatic rings. The molecule has 1 atom stereocenters. The molecule has 1 heterocycles. The van der Waals surface area contributed by atoms with Crippen LogP contribution < -0.4 is 5.73 Å². The Morgan fingerprint density at radius 3 is 2.87 bits per heavy atom. The number of ether oxygens (including phenoxy) is 1. The Balaban J connectivity index is 1.63. The summed E-state index contributed by atoms with van der Waals surface area (Å²) in [7, 11) is 0. The number of halogens is 1. The lowest BCUT2D eigenvalue weighted by atomic mass is 9.96. The molecule has 0 bridgehead atoms. The van der Waals surface area contributed by atoms with Crippen LogP contribution in [0.4, 0.5) is 4.39 Å². The van der Waals surface area contributed by atoms with E-state index in [4.69, 9.17) is 14.7 Å². The van der Waals surface area contributed by atoms with Crippen molar-refractivity contribution in [3.05, 3.63) is 71.1 Å². The number of hydrogen-bond donors (Lipinski definition) is 1. The van der Waals surface area contributed by atoms with Gasteiger partial charge in [-0.2, -0.15) is 0 Å². The van der Waals surface area contributed by atoms with Crippen LogP contribution in [0.15, 0.2) is 65.5 Å². The second-order valence-electron chi connectivity index (χ2n) is 5.20. The van der Waals surface area contributed by atoms with Gasteiger partial charge in [-0.1, -0.05) is 36.4 Å². The lowest BCUT2D eigenvalue weighted by Crippen LogP contribution is -2.23. The van der Waals surface area contributed by atoms with Gasteiger partial charge in [0.1, 0.15) is 5.83 Å². The third kappa shape index (κ3) is 3.42. The first-order valence-electron chi connectivity index (χ1n) is 7.26. The van der Waals surface area contributed by atoms with Crippen molar-refractivity contribution in [2.24, 2.45) is 5.73 Å². The Labute approximate surface area is 138 Å². The summed E-state index contributed by atoms with van der Waals surface area (Å²) in [6.45, 7) is 0. The van der Waals surface area contributed by atoms with Gasteiger partial charge in [-0.3, -0.25) is 4.79 Å². The molecule has 2 aliphatic rings. The van der Waals surface area contributed by atoms with Crippen LogP contribution in [0.25, 0.3) is 0 Å². The summed E-state index contributed by atoms with van der Waals surface area (Å²) in [4.78, 5) is 12.4. The first-order chi connectivity index (χ1) is 11.2. The number of carbonyl (C=O) groups is 1. The number of ketones is 1. The van der Waals surface area contributed by atoms with E-state index in [1.54, 1.807) is 6.08 Å². The molecule has 0 saturated carbocycles. The fraction of sp³-hybridized carbons (Fsp3) is 0.235. The van der Waals surface area contributed by atoms with E-state index in [1.807, 2.05) is 30.3 Å². The molecule has 0 aromatic heterocycles. The van der Waals surface area contributed by atoms with Crippen molar-refractivity contribution in [2.45, 2.75) is 24.7 Å². The zero-order chi connectivity index (χ0) is 16.2. The Morgan fingerprint density at radius 1 is 1.35 bits per heavy atom. The molecule has 1 aliphatic carbocycles. The lowest BCUT2D eigenvalue weighted by Gasteiger charge is -2.16. The van der Waals surface area contributed by atoms with Crippen LogP contribution in [-0.2, 0) is 19.5 Å². The minimum atomic E-state index is -1.01. The number of benzene rings is 1. The summed E-state index contributed by atoms with van der Waals surface area (Å²) in [5, 5.41) is 0. The molecule has 0 fully saturated rings. The summed E-state index contributed by atoms with van der Waals surface area (Å²) < 4.78 is 24.6. The second-order valence-corrected chi connectivity index (χ2v) is 5.89. The van der Waals surface area contributed by atoms with E-state index < -0.39 is 17.7 Å². The predicted molar refractivity (Wildman–Crippen MR) is 86.4 cm³/mol. The van der Waals surface area contributed by atoms with Gasteiger partial charge in [-0.25, -0.2) is 4.39 Å². The maximum atomic E-state index is 13.9. The van der Waals surface area contributed by atoms with E-state index in [-0.39, 0.29) is 11.6 Å². The maximum absolute atomic E-state index is 13.9. The lowest BCUT2D eigenvalue weighted by molar-refractivity contribution is -0.121. The highest BCUT2D eigenvalue weighted by molar-refractivity contribution is 7.94. The molecule has 6 heteroatoms. The van der Waals surface area contributed by atoms with Crippen LogP contribution in [0.5, 0.6) is 0 Å². The number of hydrogen-bond acceptors (Lipinski definition) is 5. The number of rotatable bonds is 5. The van der Waals surface area contributed by atoms with Gasteiger partial charge >= 0.3 is 0 Å². The van der Waals surface area contributed by atoms with Gasteiger partial charge in [-0.05, 0) is 24.5 Å². The zero-order valence-electron chi connectivity index (χ0n) is 12.3. The van der Waals surface area contributed by atoms with Crippen LogP contribution in [0.1, 0.15) is 18.4 Å². The van der Waals surface area contributed by atoms with E-state index >= 15 is 0 Å². The molecule has 1 aromatic carbocycles. The molecule has 3 rings (SSSR count). The maximum Gasteiger partial charge on any atom is 0.249 e. The van der Waals surface area contributed by atoms with Gasteiger partial charge < -0.3 is 14.7 Å². The van der Waals surface area contributed by atoms with E-state index in [2.05, 4.69) is 0 Å². The van der Waals surface area contributed by atoms with Crippen LogP contribution in [-0.4, -0.2) is 11.9 Å². The molecule has 2 N–H and O–H groups in total. The highest BCUT2D eigenvalue weighted by atomic mass is 32.2. The molecule has 0 amide bonds. The SMILES string of the molecule is NC1=C(OSCc2ccccc2)C(=O)C(C2=C(F)C=CCC2)O1. The number of allylic oxidation sites excluding steroid dienone is 3. The number of Topliss-reactive ketones (excluding diaryl/α,β-unsaturated/α-hetero) is 1. The van der Waals surface area contributed by atoms with Gasteiger partial charge in [-0.15, -0.1) is 0 Å². The average Bonchev–Trinajstić information content (AvgIpc) is 2.84. The van der Waals surface area contributed by atoms with Crippen molar-refractivity contribution in [1.82, 2.24) is 0 Å². The van der Waals surface area contributed by atoms with Crippen molar-refractivity contribution in [1.29, 1.82) is 0 Å². The first-order valence-corrected chi connectivity index (χ1v) is 8.17.